The van der Waals surface area contributed by atoms with Gasteiger partial charge >= 0.3 is 0 Å². The minimum absolute atomic E-state index is 0.0139. The van der Waals surface area contributed by atoms with Crippen LogP contribution in [0.3, 0.4) is 0 Å². The lowest BCUT2D eigenvalue weighted by atomic mass is 10.2. The van der Waals surface area contributed by atoms with Crippen LogP contribution in [0.25, 0.3) is 0 Å². The Morgan fingerprint density at radius 1 is 1.00 bits per heavy atom. The molecule has 0 aliphatic heterocycles. The highest BCUT2D eigenvalue weighted by atomic mass is 35.5. The van der Waals surface area contributed by atoms with Gasteiger partial charge in [0, 0.05) is 6.07 Å². The Labute approximate surface area is 112 Å². The van der Waals surface area contributed by atoms with Crippen LogP contribution in [0.1, 0.15) is 0 Å². The molecule has 0 fully saturated rings. The molecule has 0 radical (unpaired) electrons. The molecule has 2 N–H and O–H groups in total. The Kier molecular flexibility index (Phi) is 3.59. The number of nitrogen functional groups attached to an aromatic ring is 1. The number of anilines is 1. The fraction of sp³-hybridized carbons (Fsp3) is 0. The largest absolute Gasteiger partial charge is 0.452 e. The first kappa shape index (κ1) is 12.9. The van der Waals surface area contributed by atoms with Gasteiger partial charge in [0.05, 0.1) is 15.7 Å². The molecule has 0 unspecified atom stereocenters. The van der Waals surface area contributed by atoms with Crippen molar-refractivity contribution in [2.24, 2.45) is 0 Å². The Hall–Kier alpha value is -1.52. The van der Waals surface area contributed by atoms with Crippen LogP contribution < -0.4 is 10.5 Å². The maximum atomic E-state index is 13.5. The third-order valence-electron chi connectivity index (χ3n) is 2.19. The fourth-order valence-electron chi connectivity index (χ4n) is 1.31. The second-order valence-electron chi connectivity index (χ2n) is 3.46. The van der Waals surface area contributed by atoms with Crippen LogP contribution in [0.15, 0.2) is 30.3 Å². The summed E-state index contributed by atoms with van der Waals surface area (Å²) in [4.78, 5) is 0. The van der Waals surface area contributed by atoms with Crippen molar-refractivity contribution >= 4 is 28.9 Å². The molecule has 0 amide bonds. The SMILES string of the molecule is Nc1ccc(F)c(F)c1Oc1ccc(Cl)c(Cl)c1. The van der Waals surface area contributed by atoms with Gasteiger partial charge < -0.3 is 10.5 Å². The molecule has 0 saturated carbocycles. The highest BCUT2D eigenvalue weighted by molar-refractivity contribution is 6.42. The van der Waals surface area contributed by atoms with Gasteiger partial charge in [-0.2, -0.15) is 4.39 Å². The van der Waals surface area contributed by atoms with Gasteiger partial charge in [0.25, 0.3) is 0 Å². The Morgan fingerprint density at radius 3 is 2.39 bits per heavy atom. The van der Waals surface area contributed by atoms with E-state index in [9.17, 15) is 8.78 Å². The van der Waals surface area contributed by atoms with Gasteiger partial charge in [0.15, 0.2) is 11.6 Å². The van der Waals surface area contributed by atoms with Crippen LogP contribution in [0.5, 0.6) is 11.5 Å². The summed E-state index contributed by atoms with van der Waals surface area (Å²) in [5.74, 6) is -2.37. The first-order chi connectivity index (χ1) is 8.49. The van der Waals surface area contributed by atoms with Crippen LogP contribution in [-0.4, -0.2) is 0 Å². The zero-order chi connectivity index (χ0) is 13.3. The monoisotopic (exact) mass is 289 g/mol. The van der Waals surface area contributed by atoms with E-state index in [0.29, 0.717) is 5.02 Å². The van der Waals surface area contributed by atoms with Crippen LogP contribution in [0.4, 0.5) is 14.5 Å². The van der Waals surface area contributed by atoms with Crippen molar-refractivity contribution in [3.63, 3.8) is 0 Å². The number of ether oxygens (including phenoxy) is 1. The molecule has 0 saturated heterocycles. The van der Waals surface area contributed by atoms with Gasteiger partial charge in [0.1, 0.15) is 5.75 Å². The number of rotatable bonds is 2. The number of hydrogen-bond acceptors (Lipinski definition) is 2. The third-order valence-corrected chi connectivity index (χ3v) is 2.93. The summed E-state index contributed by atoms with van der Waals surface area (Å²) in [5.41, 5.74) is 5.50. The molecule has 94 valence electrons. The average Bonchev–Trinajstić information content (AvgIpc) is 2.34. The van der Waals surface area contributed by atoms with E-state index < -0.39 is 11.6 Å². The molecule has 18 heavy (non-hydrogen) atoms. The van der Waals surface area contributed by atoms with Crippen LogP contribution >= 0.6 is 23.2 Å². The number of benzene rings is 2. The summed E-state index contributed by atoms with van der Waals surface area (Å²) in [6.45, 7) is 0. The summed E-state index contributed by atoms with van der Waals surface area (Å²) >= 11 is 11.5. The molecule has 0 bridgehead atoms. The van der Waals surface area contributed by atoms with Gasteiger partial charge in [-0.3, -0.25) is 0 Å². The molecule has 6 heteroatoms. The van der Waals surface area contributed by atoms with Crippen LogP contribution in [-0.2, 0) is 0 Å². The zero-order valence-electron chi connectivity index (χ0n) is 8.88. The van der Waals surface area contributed by atoms with E-state index in [4.69, 9.17) is 33.7 Å². The number of nitrogens with two attached hydrogens (primary N) is 1. The molecule has 0 aromatic heterocycles. The fourth-order valence-corrected chi connectivity index (χ4v) is 1.60. The third kappa shape index (κ3) is 2.49. The molecule has 0 spiro atoms. The van der Waals surface area contributed by atoms with Gasteiger partial charge in [-0.25, -0.2) is 4.39 Å². The van der Waals surface area contributed by atoms with E-state index >= 15 is 0 Å². The van der Waals surface area contributed by atoms with Crippen LogP contribution in [0, 0.1) is 11.6 Å². The second-order valence-corrected chi connectivity index (χ2v) is 4.27. The predicted octanol–water partition coefficient (Wildman–Crippen LogP) is 4.65. The van der Waals surface area contributed by atoms with E-state index in [-0.39, 0.29) is 22.2 Å². The molecule has 0 aliphatic rings. The molecule has 0 heterocycles. The summed E-state index contributed by atoms with van der Waals surface area (Å²) < 4.78 is 31.7. The number of halogens is 4. The van der Waals surface area contributed by atoms with Crippen molar-refractivity contribution in [2.45, 2.75) is 0 Å². The maximum Gasteiger partial charge on any atom is 0.203 e. The van der Waals surface area contributed by atoms with Crippen molar-refractivity contribution in [3.05, 3.63) is 52.0 Å². The van der Waals surface area contributed by atoms with Crippen molar-refractivity contribution in [1.82, 2.24) is 0 Å². The lowest BCUT2D eigenvalue weighted by molar-refractivity contribution is 0.418. The van der Waals surface area contributed by atoms with Crippen molar-refractivity contribution in [2.75, 3.05) is 5.73 Å². The summed E-state index contributed by atoms with van der Waals surface area (Å²) in [6, 6.07) is 6.47. The van der Waals surface area contributed by atoms with Crippen LogP contribution in [0.2, 0.25) is 10.0 Å². The quantitative estimate of drug-likeness (QED) is 0.817. The minimum Gasteiger partial charge on any atom is -0.452 e. The Morgan fingerprint density at radius 2 is 1.72 bits per heavy atom. The molecular weight excluding hydrogens is 283 g/mol. The van der Waals surface area contributed by atoms with Gasteiger partial charge in [-0.1, -0.05) is 23.2 Å². The highest BCUT2D eigenvalue weighted by Crippen LogP contribution is 2.34. The number of hydrogen-bond donors (Lipinski definition) is 1. The van der Waals surface area contributed by atoms with Crippen molar-refractivity contribution in [3.8, 4) is 11.5 Å². The predicted molar refractivity (Wildman–Crippen MR) is 67.3 cm³/mol. The van der Waals surface area contributed by atoms with E-state index in [1.54, 1.807) is 0 Å². The highest BCUT2D eigenvalue weighted by Gasteiger charge is 2.14. The van der Waals surface area contributed by atoms with E-state index in [1.165, 1.54) is 24.3 Å². The lowest BCUT2D eigenvalue weighted by Crippen LogP contribution is -1.97. The molecule has 2 aromatic carbocycles. The molecule has 0 atom stereocenters. The second kappa shape index (κ2) is 5.00. The van der Waals surface area contributed by atoms with E-state index in [1.807, 2.05) is 0 Å². The Bertz CT molecular complexity index is 605. The smallest absolute Gasteiger partial charge is 0.203 e. The summed E-state index contributed by atoms with van der Waals surface area (Å²) in [7, 11) is 0. The summed E-state index contributed by atoms with van der Waals surface area (Å²) in [6.07, 6.45) is 0. The van der Waals surface area contributed by atoms with Gasteiger partial charge in [-0.05, 0) is 24.3 Å². The van der Waals surface area contributed by atoms with Crippen molar-refractivity contribution < 1.29 is 13.5 Å². The molecule has 2 aromatic rings. The average molecular weight is 290 g/mol. The molecule has 0 aliphatic carbocycles. The molecular formula is C12H7Cl2F2NO. The van der Waals surface area contributed by atoms with E-state index in [0.717, 1.165) is 6.07 Å². The normalized spacial score (nSPS) is 10.4. The summed E-state index contributed by atoms with van der Waals surface area (Å²) in [5, 5.41) is 0.571. The van der Waals surface area contributed by atoms with Gasteiger partial charge in [-0.15, -0.1) is 0 Å². The first-order valence-electron chi connectivity index (χ1n) is 4.85. The standard InChI is InChI=1S/C12H7Cl2F2NO/c13-7-2-1-6(5-8(7)14)18-12-10(17)4-3-9(15)11(12)16/h1-5H,17H2. The maximum absolute atomic E-state index is 13.5. The topological polar surface area (TPSA) is 35.2 Å². The first-order valence-corrected chi connectivity index (χ1v) is 5.61. The zero-order valence-corrected chi connectivity index (χ0v) is 10.4. The van der Waals surface area contributed by atoms with Crippen molar-refractivity contribution in [1.29, 1.82) is 0 Å². The van der Waals surface area contributed by atoms with E-state index in [2.05, 4.69) is 0 Å². The Balaban J connectivity index is 2.39. The lowest BCUT2D eigenvalue weighted by Gasteiger charge is -2.10. The van der Waals surface area contributed by atoms with Gasteiger partial charge in [0.2, 0.25) is 5.82 Å². The molecule has 2 rings (SSSR count). The molecule has 2 nitrogen and oxygen atoms in total. The minimum atomic E-state index is -1.15.